The predicted octanol–water partition coefficient (Wildman–Crippen LogP) is 4.47. The molecule has 0 spiro atoms. The maximum Gasteiger partial charge on any atom is 0.296 e. The van der Waals surface area contributed by atoms with Crippen molar-refractivity contribution in [1.82, 2.24) is 0 Å². The van der Waals surface area contributed by atoms with Gasteiger partial charge >= 0.3 is 0 Å². The standard InChI is InChI=1S/C20H29NO6S2/c1-2-3-4-5-6-7-8-13-18(21)17-14-15-11-9-10-12-16(15)19(28(22,23)24)20(17)29(25,26)27/h9-12,14,18H,2-8,13,21H2,1H3,(H,22,23,24)(H,25,26,27). The van der Waals surface area contributed by atoms with Crippen molar-refractivity contribution < 1.29 is 25.9 Å². The lowest BCUT2D eigenvalue weighted by Gasteiger charge is -2.19. The molecule has 29 heavy (non-hydrogen) atoms. The second-order valence-electron chi connectivity index (χ2n) is 7.31. The first-order valence-corrected chi connectivity index (χ1v) is 12.7. The monoisotopic (exact) mass is 443 g/mol. The summed E-state index contributed by atoms with van der Waals surface area (Å²) in [5.41, 5.74) is 6.20. The minimum absolute atomic E-state index is 0.00880. The molecule has 0 heterocycles. The van der Waals surface area contributed by atoms with Crippen LogP contribution in [-0.2, 0) is 20.2 Å². The first-order chi connectivity index (χ1) is 13.6. The van der Waals surface area contributed by atoms with Crippen LogP contribution in [0.15, 0.2) is 40.1 Å². The van der Waals surface area contributed by atoms with Crippen molar-refractivity contribution in [2.75, 3.05) is 0 Å². The van der Waals surface area contributed by atoms with Crippen LogP contribution in [0.5, 0.6) is 0 Å². The average molecular weight is 444 g/mol. The molecule has 1 unspecified atom stereocenters. The molecule has 2 aromatic carbocycles. The SMILES string of the molecule is CCCCCCCCCC(N)c1cc2ccccc2c(S(=O)(=O)O)c1S(=O)(=O)O. The summed E-state index contributed by atoms with van der Waals surface area (Å²) >= 11 is 0. The van der Waals surface area contributed by atoms with Crippen LogP contribution in [0.25, 0.3) is 10.8 Å². The summed E-state index contributed by atoms with van der Waals surface area (Å²) in [6.45, 7) is 2.15. The number of hydrogen-bond acceptors (Lipinski definition) is 5. The quantitative estimate of drug-likeness (QED) is 0.344. The first kappa shape index (κ1) is 23.8. The molecule has 7 nitrogen and oxygen atoms in total. The highest BCUT2D eigenvalue weighted by Gasteiger charge is 2.31. The number of fused-ring (bicyclic) bond motifs is 1. The molecule has 0 saturated carbocycles. The van der Waals surface area contributed by atoms with Crippen LogP contribution < -0.4 is 5.73 Å². The molecule has 0 bridgehead atoms. The van der Waals surface area contributed by atoms with Gasteiger partial charge in [0.05, 0.1) is 0 Å². The maximum absolute atomic E-state index is 12.1. The first-order valence-electron chi connectivity index (χ1n) is 9.83. The van der Waals surface area contributed by atoms with Crippen LogP contribution in [0, 0.1) is 0 Å². The van der Waals surface area contributed by atoms with Gasteiger partial charge in [-0.15, -0.1) is 0 Å². The van der Waals surface area contributed by atoms with E-state index in [-0.39, 0.29) is 10.9 Å². The topological polar surface area (TPSA) is 135 Å². The van der Waals surface area contributed by atoms with E-state index in [4.69, 9.17) is 5.73 Å². The highest BCUT2D eigenvalue weighted by molar-refractivity contribution is 7.89. The summed E-state index contributed by atoms with van der Waals surface area (Å²) in [5, 5.41) is 0.423. The molecule has 0 aliphatic carbocycles. The Morgan fingerprint density at radius 3 is 2.00 bits per heavy atom. The maximum atomic E-state index is 12.1. The van der Waals surface area contributed by atoms with Crippen molar-refractivity contribution in [3.8, 4) is 0 Å². The van der Waals surface area contributed by atoms with Gasteiger partial charge in [-0.05, 0) is 23.4 Å². The van der Waals surface area contributed by atoms with Crippen LogP contribution >= 0.6 is 0 Å². The van der Waals surface area contributed by atoms with Gasteiger partial charge in [0.2, 0.25) is 0 Å². The third kappa shape index (κ3) is 6.23. The Kier molecular flexibility index (Phi) is 8.18. The van der Waals surface area contributed by atoms with E-state index in [1.54, 1.807) is 12.1 Å². The van der Waals surface area contributed by atoms with Crippen molar-refractivity contribution in [3.63, 3.8) is 0 Å². The Hall–Kier alpha value is -1.52. The van der Waals surface area contributed by atoms with Gasteiger partial charge in [0, 0.05) is 11.4 Å². The van der Waals surface area contributed by atoms with Crippen molar-refractivity contribution in [2.45, 2.75) is 74.1 Å². The molecular formula is C20H29NO6S2. The molecule has 0 aliphatic rings. The zero-order chi connectivity index (χ0) is 21.7. The molecule has 0 aliphatic heterocycles. The number of unbranched alkanes of at least 4 members (excludes halogenated alkanes) is 6. The normalized spacial score (nSPS) is 13.7. The van der Waals surface area contributed by atoms with E-state index in [2.05, 4.69) is 6.92 Å². The van der Waals surface area contributed by atoms with E-state index in [1.165, 1.54) is 37.5 Å². The number of hydrogen-bond donors (Lipinski definition) is 3. The van der Waals surface area contributed by atoms with Crippen molar-refractivity contribution in [2.24, 2.45) is 5.73 Å². The van der Waals surface area contributed by atoms with Crippen LogP contribution in [0.4, 0.5) is 0 Å². The third-order valence-corrected chi connectivity index (χ3v) is 7.04. The third-order valence-electron chi connectivity index (χ3n) is 5.02. The highest BCUT2D eigenvalue weighted by atomic mass is 32.2. The van der Waals surface area contributed by atoms with Crippen molar-refractivity contribution in [1.29, 1.82) is 0 Å². The highest BCUT2D eigenvalue weighted by Crippen LogP contribution is 2.36. The Morgan fingerprint density at radius 1 is 0.862 bits per heavy atom. The molecule has 0 aromatic heterocycles. The lowest BCUT2D eigenvalue weighted by atomic mass is 9.97. The predicted molar refractivity (Wildman–Crippen MR) is 113 cm³/mol. The van der Waals surface area contributed by atoms with Crippen LogP contribution in [0.2, 0.25) is 0 Å². The molecule has 1 atom stereocenters. The molecule has 0 radical (unpaired) electrons. The van der Waals surface area contributed by atoms with Gasteiger partial charge in [0.15, 0.2) is 0 Å². The van der Waals surface area contributed by atoms with Gasteiger partial charge in [-0.2, -0.15) is 16.8 Å². The summed E-state index contributed by atoms with van der Waals surface area (Å²) in [6.07, 6.45) is 7.82. The lowest BCUT2D eigenvalue weighted by molar-refractivity contribution is 0.463. The Balaban J connectivity index is 2.40. The molecule has 162 valence electrons. The molecule has 2 rings (SSSR count). The van der Waals surface area contributed by atoms with E-state index >= 15 is 0 Å². The fraction of sp³-hybridized carbons (Fsp3) is 0.500. The minimum atomic E-state index is -4.95. The molecule has 9 heteroatoms. The van der Waals surface area contributed by atoms with E-state index in [0.717, 1.165) is 25.7 Å². The lowest BCUT2D eigenvalue weighted by Crippen LogP contribution is -2.18. The fourth-order valence-electron chi connectivity index (χ4n) is 3.59. The molecule has 0 saturated heterocycles. The van der Waals surface area contributed by atoms with Crippen LogP contribution in [0.3, 0.4) is 0 Å². The largest absolute Gasteiger partial charge is 0.324 e. The number of nitrogens with two attached hydrogens (primary N) is 1. The Morgan fingerprint density at radius 2 is 1.41 bits per heavy atom. The number of benzene rings is 2. The van der Waals surface area contributed by atoms with Gasteiger partial charge in [-0.1, -0.05) is 76.1 Å². The smallest absolute Gasteiger partial charge is 0.296 e. The molecule has 0 amide bonds. The summed E-state index contributed by atoms with van der Waals surface area (Å²) in [6, 6.07) is 6.82. The molecule has 2 aromatic rings. The van der Waals surface area contributed by atoms with Gasteiger partial charge in [0.1, 0.15) is 9.79 Å². The van der Waals surface area contributed by atoms with E-state index in [9.17, 15) is 25.9 Å². The Labute approximate surface area is 172 Å². The second-order valence-corrected chi connectivity index (χ2v) is 10.0. The van der Waals surface area contributed by atoms with E-state index in [0.29, 0.717) is 11.8 Å². The summed E-state index contributed by atoms with van der Waals surface area (Å²) in [7, 11) is -9.88. The Bertz CT molecular complexity index is 1050. The molecule has 4 N–H and O–H groups in total. The van der Waals surface area contributed by atoms with Crippen molar-refractivity contribution in [3.05, 3.63) is 35.9 Å². The van der Waals surface area contributed by atoms with Gasteiger partial charge in [-0.25, -0.2) is 0 Å². The summed E-state index contributed by atoms with van der Waals surface area (Å²) < 4.78 is 67.6. The van der Waals surface area contributed by atoms with Gasteiger partial charge in [-0.3, -0.25) is 9.11 Å². The fourth-order valence-corrected chi connectivity index (χ4v) is 5.89. The second kappa shape index (κ2) is 9.99. The van der Waals surface area contributed by atoms with E-state index < -0.39 is 36.1 Å². The zero-order valence-corrected chi connectivity index (χ0v) is 18.2. The van der Waals surface area contributed by atoms with Crippen LogP contribution in [0.1, 0.15) is 69.9 Å². The average Bonchev–Trinajstić information content (AvgIpc) is 2.64. The number of rotatable bonds is 11. The van der Waals surface area contributed by atoms with Gasteiger partial charge in [0.25, 0.3) is 20.2 Å². The zero-order valence-electron chi connectivity index (χ0n) is 16.5. The van der Waals surface area contributed by atoms with E-state index in [1.807, 2.05) is 0 Å². The van der Waals surface area contributed by atoms with Crippen LogP contribution in [-0.4, -0.2) is 25.9 Å². The van der Waals surface area contributed by atoms with Gasteiger partial charge < -0.3 is 5.73 Å². The minimum Gasteiger partial charge on any atom is -0.324 e. The van der Waals surface area contributed by atoms with Crippen molar-refractivity contribution >= 4 is 31.0 Å². The molecule has 0 fully saturated rings. The summed E-state index contributed by atoms with van der Waals surface area (Å²) in [4.78, 5) is -1.67. The molecular weight excluding hydrogens is 414 g/mol. The summed E-state index contributed by atoms with van der Waals surface area (Å²) in [5.74, 6) is 0.